The molecule has 0 radical (unpaired) electrons. The van der Waals surface area contributed by atoms with E-state index in [1.807, 2.05) is 19.9 Å². The first-order valence-electron chi connectivity index (χ1n) is 5.37. The summed E-state index contributed by atoms with van der Waals surface area (Å²) >= 11 is 1.75. The zero-order valence-corrected chi connectivity index (χ0v) is 11.1. The highest BCUT2D eigenvalue weighted by molar-refractivity contribution is 7.99. The second kappa shape index (κ2) is 5.34. The molecule has 0 atom stereocenters. The molecule has 0 fully saturated rings. The van der Waals surface area contributed by atoms with E-state index in [1.54, 1.807) is 11.8 Å². The number of aryl methyl sites for hydroxylation is 2. The van der Waals surface area contributed by atoms with Crippen LogP contribution >= 0.6 is 11.8 Å². The predicted molar refractivity (Wildman–Crippen MR) is 70.3 cm³/mol. The number of nitrogen functional groups attached to an aromatic ring is 1. The summed E-state index contributed by atoms with van der Waals surface area (Å²) in [5, 5.41) is 7.60. The second-order valence-corrected chi connectivity index (χ2v) is 5.40. The monoisotopic (exact) mass is 237 g/mol. The summed E-state index contributed by atoms with van der Waals surface area (Å²) in [6.07, 6.45) is 0. The van der Waals surface area contributed by atoms with Crippen molar-refractivity contribution in [3.8, 4) is 0 Å². The minimum absolute atomic E-state index is 0.108. The summed E-state index contributed by atoms with van der Waals surface area (Å²) in [5.74, 6) is 1.76. The van der Waals surface area contributed by atoms with Crippen LogP contribution in [0, 0.1) is 25.2 Å². The van der Waals surface area contributed by atoms with Gasteiger partial charge in [0, 0.05) is 22.0 Å². The fourth-order valence-electron chi connectivity index (χ4n) is 1.49. The first-order chi connectivity index (χ1) is 7.41. The van der Waals surface area contributed by atoms with Crippen LogP contribution in [-0.4, -0.2) is 16.6 Å². The Morgan fingerprint density at radius 3 is 2.62 bits per heavy atom. The first-order valence-corrected chi connectivity index (χ1v) is 6.35. The average Bonchev–Trinajstić information content (AvgIpc) is 2.12. The van der Waals surface area contributed by atoms with Crippen LogP contribution in [0.4, 0.5) is 0 Å². The van der Waals surface area contributed by atoms with Gasteiger partial charge in [0.2, 0.25) is 0 Å². The zero-order valence-electron chi connectivity index (χ0n) is 10.3. The number of nitrogens with zero attached hydrogens (tertiary/aromatic N) is 1. The predicted octanol–water partition coefficient (Wildman–Crippen LogP) is 2.73. The van der Waals surface area contributed by atoms with E-state index in [1.165, 1.54) is 0 Å². The summed E-state index contributed by atoms with van der Waals surface area (Å²) < 4.78 is 0. The molecule has 0 bridgehead atoms. The molecule has 1 heterocycles. The van der Waals surface area contributed by atoms with Gasteiger partial charge in [-0.15, -0.1) is 11.8 Å². The van der Waals surface area contributed by atoms with Gasteiger partial charge in [0.1, 0.15) is 5.84 Å². The SMILES string of the molecule is Cc1cc(SCC(C)C)c(C(=N)N)c(C)n1. The molecule has 0 aromatic carbocycles. The largest absolute Gasteiger partial charge is 0.384 e. The molecule has 3 nitrogen and oxygen atoms in total. The standard InChI is InChI=1S/C12H19N3S/c1-7(2)6-16-10-5-8(3)15-9(4)11(10)12(13)14/h5,7H,6H2,1-4H3,(H3,13,14). The highest BCUT2D eigenvalue weighted by Gasteiger charge is 2.12. The topological polar surface area (TPSA) is 62.8 Å². The summed E-state index contributed by atoms with van der Waals surface area (Å²) in [6, 6.07) is 2.01. The van der Waals surface area contributed by atoms with E-state index in [9.17, 15) is 0 Å². The normalized spacial score (nSPS) is 10.8. The number of nitrogens with two attached hydrogens (primary N) is 1. The van der Waals surface area contributed by atoms with E-state index in [0.717, 1.165) is 27.6 Å². The van der Waals surface area contributed by atoms with E-state index in [-0.39, 0.29) is 5.84 Å². The maximum Gasteiger partial charge on any atom is 0.125 e. The number of amidine groups is 1. The van der Waals surface area contributed by atoms with Crippen LogP contribution in [0.5, 0.6) is 0 Å². The van der Waals surface area contributed by atoms with Crippen LogP contribution in [0.25, 0.3) is 0 Å². The van der Waals surface area contributed by atoms with Crippen molar-refractivity contribution in [3.63, 3.8) is 0 Å². The van der Waals surface area contributed by atoms with Gasteiger partial charge in [0.25, 0.3) is 0 Å². The van der Waals surface area contributed by atoms with E-state index in [2.05, 4.69) is 18.8 Å². The molecule has 0 aliphatic rings. The number of rotatable bonds is 4. The Morgan fingerprint density at radius 2 is 2.12 bits per heavy atom. The zero-order chi connectivity index (χ0) is 12.3. The molecular formula is C12H19N3S. The summed E-state index contributed by atoms with van der Waals surface area (Å²) in [4.78, 5) is 5.42. The highest BCUT2D eigenvalue weighted by Crippen LogP contribution is 2.26. The molecule has 0 aliphatic heterocycles. The third kappa shape index (κ3) is 3.23. The Bertz CT molecular complexity index is 399. The molecule has 16 heavy (non-hydrogen) atoms. The Kier molecular flexibility index (Phi) is 4.35. The van der Waals surface area contributed by atoms with Crippen LogP contribution < -0.4 is 5.73 Å². The molecule has 0 spiro atoms. The Hall–Kier alpha value is -1.03. The molecular weight excluding hydrogens is 218 g/mol. The second-order valence-electron chi connectivity index (χ2n) is 4.34. The Morgan fingerprint density at radius 1 is 1.50 bits per heavy atom. The van der Waals surface area contributed by atoms with Crippen LogP contribution in [0.3, 0.4) is 0 Å². The number of nitrogens with one attached hydrogen (secondary N) is 1. The molecule has 88 valence electrons. The van der Waals surface area contributed by atoms with Crippen molar-refractivity contribution in [2.45, 2.75) is 32.6 Å². The van der Waals surface area contributed by atoms with Crippen molar-refractivity contribution in [3.05, 3.63) is 23.0 Å². The van der Waals surface area contributed by atoms with E-state index in [0.29, 0.717) is 5.92 Å². The number of thioether (sulfide) groups is 1. The minimum Gasteiger partial charge on any atom is -0.384 e. The van der Waals surface area contributed by atoms with Gasteiger partial charge in [-0.05, 0) is 25.8 Å². The average molecular weight is 237 g/mol. The van der Waals surface area contributed by atoms with Gasteiger partial charge in [0.05, 0.1) is 5.56 Å². The lowest BCUT2D eigenvalue weighted by Gasteiger charge is -2.12. The molecule has 3 N–H and O–H groups in total. The number of pyridine rings is 1. The van der Waals surface area contributed by atoms with E-state index in [4.69, 9.17) is 11.1 Å². The van der Waals surface area contributed by atoms with Gasteiger partial charge >= 0.3 is 0 Å². The minimum atomic E-state index is 0.108. The highest BCUT2D eigenvalue weighted by atomic mass is 32.2. The molecule has 4 heteroatoms. The van der Waals surface area contributed by atoms with Crippen molar-refractivity contribution in [1.29, 1.82) is 5.41 Å². The molecule has 1 aromatic heterocycles. The van der Waals surface area contributed by atoms with Crippen molar-refractivity contribution < 1.29 is 0 Å². The number of aromatic nitrogens is 1. The first kappa shape index (κ1) is 13.0. The maximum atomic E-state index is 7.60. The van der Waals surface area contributed by atoms with Crippen molar-refractivity contribution in [2.24, 2.45) is 11.7 Å². The third-order valence-corrected chi connectivity index (χ3v) is 3.60. The Balaban J connectivity index is 3.09. The van der Waals surface area contributed by atoms with Crippen LogP contribution in [0.15, 0.2) is 11.0 Å². The molecule has 0 saturated heterocycles. The number of hydrogen-bond donors (Lipinski definition) is 2. The van der Waals surface area contributed by atoms with Crippen LogP contribution in [0.2, 0.25) is 0 Å². The number of hydrogen-bond acceptors (Lipinski definition) is 3. The van der Waals surface area contributed by atoms with Gasteiger partial charge in [-0.25, -0.2) is 0 Å². The third-order valence-electron chi connectivity index (χ3n) is 2.13. The van der Waals surface area contributed by atoms with Gasteiger partial charge in [0.15, 0.2) is 0 Å². The van der Waals surface area contributed by atoms with Gasteiger partial charge in [-0.1, -0.05) is 13.8 Å². The molecule has 1 aromatic rings. The molecule has 0 aliphatic carbocycles. The lowest BCUT2D eigenvalue weighted by molar-refractivity contribution is 0.750. The van der Waals surface area contributed by atoms with Crippen LogP contribution in [-0.2, 0) is 0 Å². The van der Waals surface area contributed by atoms with Crippen LogP contribution in [0.1, 0.15) is 30.8 Å². The fraction of sp³-hybridized carbons (Fsp3) is 0.500. The summed E-state index contributed by atoms with van der Waals surface area (Å²) in [6.45, 7) is 8.24. The lowest BCUT2D eigenvalue weighted by Crippen LogP contribution is -2.15. The molecule has 0 saturated carbocycles. The molecule has 0 amide bonds. The summed E-state index contributed by atoms with van der Waals surface area (Å²) in [7, 11) is 0. The van der Waals surface area contributed by atoms with E-state index < -0.39 is 0 Å². The lowest BCUT2D eigenvalue weighted by atomic mass is 10.1. The smallest absolute Gasteiger partial charge is 0.125 e. The van der Waals surface area contributed by atoms with Gasteiger partial charge in [-0.3, -0.25) is 10.4 Å². The van der Waals surface area contributed by atoms with Crippen molar-refractivity contribution in [2.75, 3.05) is 5.75 Å². The van der Waals surface area contributed by atoms with Gasteiger partial charge < -0.3 is 5.73 Å². The van der Waals surface area contributed by atoms with E-state index >= 15 is 0 Å². The fourth-order valence-corrected chi connectivity index (χ4v) is 2.66. The quantitative estimate of drug-likeness (QED) is 0.481. The van der Waals surface area contributed by atoms with Crippen molar-refractivity contribution >= 4 is 17.6 Å². The molecule has 0 unspecified atom stereocenters. The molecule has 1 rings (SSSR count). The van der Waals surface area contributed by atoms with Gasteiger partial charge in [-0.2, -0.15) is 0 Å². The Labute approximate surface area is 101 Å². The van der Waals surface area contributed by atoms with Crippen molar-refractivity contribution in [1.82, 2.24) is 4.98 Å². The summed E-state index contributed by atoms with van der Waals surface area (Å²) in [5.41, 5.74) is 8.22. The maximum absolute atomic E-state index is 7.60.